The number of carbonyl (C=O) groups excluding carboxylic acids is 1. The molecule has 2 rings (SSSR count). The molecule has 5 heteroatoms. The van der Waals surface area contributed by atoms with E-state index >= 15 is 0 Å². The maximum Gasteiger partial charge on any atom is 0.336 e. The SMILES string of the molecule is Cc1cc(NC(=O)c2ccccc2C(=O)O)c(C)cc1O. The maximum absolute atomic E-state index is 12.3. The highest BCUT2D eigenvalue weighted by molar-refractivity contribution is 6.10. The van der Waals surface area contributed by atoms with E-state index in [0.717, 1.165) is 0 Å². The average molecular weight is 285 g/mol. The molecule has 3 N–H and O–H groups in total. The van der Waals surface area contributed by atoms with Gasteiger partial charge in [0.2, 0.25) is 0 Å². The molecule has 0 aromatic heterocycles. The molecule has 0 saturated heterocycles. The molecule has 0 fully saturated rings. The van der Waals surface area contributed by atoms with Gasteiger partial charge in [-0.2, -0.15) is 0 Å². The predicted octanol–water partition coefficient (Wildman–Crippen LogP) is 2.96. The normalized spacial score (nSPS) is 10.2. The molecule has 0 atom stereocenters. The van der Waals surface area contributed by atoms with E-state index in [1.165, 1.54) is 12.1 Å². The van der Waals surface area contributed by atoms with E-state index in [1.54, 1.807) is 38.1 Å². The lowest BCUT2D eigenvalue weighted by atomic mass is 10.1. The highest BCUT2D eigenvalue weighted by Crippen LogP contribution is 2.25. The van der Waals surface area contributed by atoms with Gasteiger partial charge >= 0.3 is 5.97 Å². The highest BCUT2D eigenvalue weighted by atomic mass is 16.4. The Morgan fingerprint density at radius 2 is 1.62 bits per heavy atom. The molecule has 0 spiro atoms. The van der Waals surface area contributed by atoms with Crippen molar-refractivity contribution in [2.24, 2.45) is 0 Å². The predicted molar refractivity (Wildman–Crippen MR) is 78.9 cm³/mol. The van der Waals surface area contributed by atoms with Crippen LogP contribution in [0.3, 0.4) is 0 Å². The van der Waals surface area contributed by atoms with Crippen molar-refractivity contribution in [3.05, 3.63) is 58.7 Å². The van der Waals surface area contributed by atoms with Gasteiger partial charge in [-0.25, -0.2) is 4.79 Å². The largest absolute Gasteiger partial charge is 0.508 e. The molecule has 0 radical (unpaired) electrons. The number of aryl methyl sites for hydroxylation is 2. The molecular formula is C16H15NO4. The number of amides is 1. The van der Waals surface area contributed by atoms with Crippen LogP contribution in [0.25, 0.3) is 0 Å². The van der Waals surface area contributed by atoms with E-state index < -0.39 is 11.9 Å². The number of phenolic OH excluding ortho intramolecular Hbond substituents is 1. The Bertz CT molecular complexity index is 722. The number of nitrogens with one attached hydrogen (secondary N) is 1. The van der Waals surface area contributed by atoms with Crippen molar-refractivity contribution in [2.45, 2.75) is 13.8 Å². The minimum atomic E-state index is -1.15. The number of hydrogen-bond donors (Lipinski definition) is 3. The minimum Gasteiger partial charge on any atom is -0.508 e. The topological polar surface area (TPSA) is 86.6 Å². The zero-order valence-corrected chi connectivity index (χ0v) is 11.7. The summed E-state index contributed by atoms with van der Waals surface area (Å²) in [7, 11) is 0. The van der Waals surface area contributed by atoms with Crippen LogP contribution in [0.1, 0.15) is 31.8 Å². The van der Waals surface area contributed by atoms with E-state index in [0.29, 0.717) is 16.8 Å². The quantitative estimate of drug-likeness (QED) is 0.757. The van der Waals surface area contributed by atoms with Gasteiger partial charge in [-0.05, 0) is 49.2 Å². The molecule has 0 heterocycles. The fourth-order valence-corrected chi connectivity index (χ4v) is 1.99. The number of hydrogen-bond acceptors (Lipinski definition) is 3. The summed E-state index contributed by atoms with van der Waals surface area (Å²) in [6.07, 6.45) is 0. The highest BCUT2D eigenvalue weighted by Gasteiger charge is 2.16. The van der Waals surface area contributed by atoms with Crippen LogP contribution in [0, 0.1) is 13.8 Å². The standard InChI is InChI=1S/C16H15NO4/c1-9-8-14(18)10(2)7-13(9)17-15(19)11-5-3-4-6-12(11)16(20)21/h3-8,18H,1-2H3,(H,17,19)(H,20,21). The van der Waals surface area contributed by atoms with Crippen LogP contribution < -0.4 is 5.32 Å². The summed E-state index contributed by atoms with van der Waals surface area (Å²) in [6, 6.07) is 9.21. The number of carboxylic acid groups (broad SMARTS) is 1. The lowest BCUT2D eigenvalue weighted by Crippen LogP contribution is -2.17. The summed E-state index contributed by atoms with van der Waals surface area (Å²) >= 11 is 0. The molecule has 21 heavy (non-hydrogen) atoms. The van der Waals surface area contributed by atoms with Crippen LogP contribution in [0.15, 0.2) is 36.4 Å². The molecule has 0 saturated carbocycles. The van der Waals surface area contributed by atoms with Gasteiger partial charge in [0.1, 0.15) is 5.75 Å². The van der Waals surface area contributed by atoms with Crippen molar-refractivity contribution in [1.29, 1.82) is 0 Å². The summed E-state index contributed by atoms with van der Waals surface area (Å²) in [5.74, 6) is -1.50. The Morgan fingerprint density at radius 1 is 1.00 bits per heavy atom. The van der Waals surface area contributed by atoms with Crippen molar-refractivity contribution in [3.63, 3.8) is 0 Å². The third-order valence-corrected chi connectivity index (χ3v) is 3.19. The number of benzene rings is 2. The Morgan fingerprint density at radius 3 is 2.24 bits per heavy atom. The van der Waals surface area contributed by atoms with E-state index in [-0.39, 0.29) is 16.9 Å². The van der Waals surface area contributed by atoms with Crippen molar-refractivity contribution >= 4 is 17.6 Å². The second-order valence-electron chi connectivity index (χ2n) is 4.76. The molecule has 0 bridgehead atoms. The van der Waals surface area contributed by atoms with E-state index in [9.17, 15) is 14.7 Å². The lowest BCUT2D eigenvalue weighted by Gasteiger charge is -2.11. The fourth-order valence-electron chi connectivity index (χ4n) is 1.99. The number of anilines is 1. The number of aromatic carboxylic acids is 1. The second-order valence-corrected chi connectivity index (χ2v) is 4.76. The van der Waals surface area contributed by atoms with E-state index in [2.05, 4.69) is 5.32 Å². The molecular weight excluding hydrogens is 270 g/mol. The molecule has 2 aromatic rings. The Labute approximate surface area is 121 Å². The van der Waals surface area contributed by atoms with Gasteiger partial charge in [-0.15, -0.1) is 0 Å². The Balaban J connectivity index is 2.35. The van der Waals surface area contributed by atoms with Crippen molar-refractivity contribution in [3.8, 4) is 5.75 Å². The maximum atomic E-state index is 12.3. The van der Waals surface area contributed by atoms with Gasteiger partial charge in [0.25, 0.3) is 5.91 Å². The third kappa shape index (κ3) is 3.02. The molecule has 2 aromatic carbocycles. The van der Waals surface area contributed by atoms with E-state index in [1.807, 2.05) is 0 Å². The van der Waals surface area contributed by atoms with Gasteiger partial charge in [0.05, 0.1) is 11.1 Å². The van der Waals surface area contributed by atoms with Gasteiger partial charge in [-0.1, -0.05) is 12.1 Å². The molecule has 5 nitrogen and oxygen atoms in total. The zero-order valence-electron chi connectivity index (χ0n) is 11.7. The lowest BCUT2D eigenvalue weighted by molar-refractivity contribution is 0.0692. The third-order valence-electron chi connectivity index (χ3n) is 3.19. The van der Waals surface area contributed by atoms with Crippen molar-refractivity contribution in [1.82, 2.24) is 0 Å². The fraction of sp³-hybridized carbons (Fsp3) is 0.125. The van der Waals surface area contributed by atoms with Crippen LogP contribution in [0.4, 0.5) is 5.69 Å². The average Bonchev–Trinajstić information content (AvgIpc) is 2.44. The van der Waals surface area contributed by atoms with Gasteiger partial charge < -0.3 is 15.5 Å². The molecule has 1 amide bonds. The molecule has 0 unspecified atom stereocenters. The monoisotopic (exact) mass is 285 g/mol. The number of carbonyl (C=O) groups is 2. The first-order valence-corrected chi connectivity index (χ1v) is 6.34. The zero-order chi connectivity index (χ0) is 15.6. The Hall–Kier alpha value is -2.82. The molecule has 0 aliphatic heterocycles. The number of phenols is 1. The van der Waals surface area contributed by atoms with Crippen LogP contribution in [0.2, 0.25) is 0 Å². The summed E-state index contributed by atoms with van der Waals surface area (Å²) < 4.78 is 0. The first kappa shape index (κ1) is 14.6. The van der Waals surface area contributed by atoms with Gasteiger partial charge in [-0.3, -0.25) is 4.79 Å². The van der Waals surface area contributed by atoms with Crippen molar-refractivity contribution < 1.29 is 19.8 Å². The number of carboxylic acids is 1. The van der Waals surface area contributed by atoms with Crippen LogP contribution in [-0.2, 0) is 0 Å². The first-order valence-electron chi connectivity index (χ1n) is 6.34. The number of aromatic hydroxyl groups is 1. The van der Waals surface area contributed by atoms with Gasteiger partial charge in [0.15, 0.2) is 0 Å². The van der Waals surface area contributed by atoms with Gasteiger partial charge in [0, 0.05) is 5.69 Å². The van der Waals surface area contributed by atoms with Crippen molar-refractivity contribution in [2.75, 3.05) is 5.32 Å². The summed E-state index contributed by atoms with van der Waals surface area (Å²) in [5.41, 5.74) is 1.90. The molecule has 108 valence electrons. The summed E-state index contributed by atoms with van der Waals surface area (Å²) in [4.78, 5) is 23.4. The second kappa shape index (κ2) is 5.66. The van der Waals surface area contributed by atoms with Crippen LogP contribution in [-0.4, -0.2) is 22.1 Å². The van der Waals surface area contributed by atoms with Crippen LogP contribution >= 0.6 is 0 Å². The first-order chi connectivity index (χ1) is 9.90. The molecule has 0 aliphatic rings. The number of rotatable bonds is 3. The molecule has 0 aliphatic carbocycles. The summed E-state index contributed by atoms with van der Waals surface area (Å²) in [6.45, 7) is 3.47. The Kier molecular flexibility index (Phi) is 3.93. The van der Waals surface area contributed by atoms with E-state index in [4.69, 9.17) is 5.11 Å². The summed E-state index contributed by atoms with van der Waals surface area (Å²) in [5, 5.41) is 21.4. The smallest absolute Gasteiger partial charge is 0.336 e. The van der Waals surface area contributed by atoms with Crippen LogP contribution in [0.5, 0.6) is 5.75 Å². The minimum absolute atomic E-state index is 0.0526.